The maximum Gasteiger partial charge on any atom is 0.348 e. The van der Waals surface area contributed by atoms with Gasteiger partial charge in [0.25, 0.3) is 0 Å². The molecule has 1 aliphatic heterocycles. The lowest BCUT2D eigenvalue weighted by Crippen LogP contribution is -2.47. The molecule has 1 aliphatic rings. The summed E-state index contributed by atoms with van der Waals surface area (Å²) < 4.78 is 5.33. The van der Waals surface area contributed by atoms with Crippen LogP contribution in [0.15, 0.2) is 24.4 Å². The van der Waals surface area contributed by atoms with E-state index >= 15 is 0 Å². The number of piperazine rings is 1. The highest BCUT2D eigenvalue weighted by Crippen LogP contribution is 2.37. The number of anilines is 2. The van der Waals surface area contributed by atoms with Crippen LogP contribution in [0, 0.1) is 6.92 Å². The SMILES string of the molecule is CCCOC(=O)c1sc2nc(Cl)nc(N3CCN(c4ccccn4)CC3)c2c1C. The lowest BCUT2D eigenvalue weighted by Gasteiger charge is -2.36. The van der Waals surface area contributed by atoms with Gasteiger partial charge in [-0.1, -0.05) is 13.0 Å². The third-order valence-electron chi connectivity index (χ3n) is 4.92. The first-order valence-corrected chi connectivity index (χ1v) is 10.8. The molecule has 29 heavy (non-hydrogen) atoms. The van der Waals surface area contributed by atoms with Gasteiger partial charge in [0, 0.05) is 32.4 Å². The summed E-state index contributed by atoms with van der Waals surface area (Å²) in [5.74, 6) is 1.45. The van der Waals surface area contributed by atoms with Crippen molar-refractivity contribution in [2.45, 2.75) is 20.3 Å². The van der Waals surface area contributed by atoms with Crippen molar-refractivity contribution in [3.63, 3.8) is 0 Å². The second-order valence-corrected chi connectivity index (χ2v) is 8.19. The zero-order chi connectivity index (χ0) is 20.4. The Hall–Kier alpha value is -2.45. The van der Waals surface area contributed by atoms with E-state index in [2.05, 4.69) is 24.8 Å². The number of halogens is 1. The molecule has 3 aromatic heterocycles. The first-order chi connectivity index (χ1) is 14.1. The minimum atomic E-state index is -0.311. The maximum atomic E-state index is 12.4. The lowest BCUT2D eigenvalue weighted by molar-refractivity contribution is 0.0510. The first kappa shape index (κ1) is 19.8. The number of hydrogen-bond acceptors (Lipinski definition) is 8. The topological polar surface area (TPSA) is 71.5 Å². The predicted molar refractivity (Wildman–Crippen MR) is 116 cm³/mol. The van der Waals surface area contributed by atoms with Crippen LogP contribution in [0.2, 0.25) is 5.28 Å². The van der Waals surface area contributed by atoms with Crippen molar-refractivity contribution in [3.8, 4) is 0 Å². The number of carbonyl (C=O) groups is 1. The van der Waals surface area contributed by atoms with E-state index in [0.29, 0.717) is 16.3 Å². The molecule has 0 bridgehead atoms. The van der Waals surface area contributed by atoms with Crippen LogP contribution in [0.4, 0.5) is 11.6 Å². The summed E-state index contributed by atoms with van der Waals surface area (Å²) in [5.41, 5.74) is 0.852. The molecule has 0 atom stereocenters. The van der Waals surface area contributed by atoms with E-state index in [-0.39, 0.29) is 11.3 Å². The Balaban J connectivity index is 1.62. The smallest absolute Gasteiger partial charge is 0.348 e. The van der Waals surface area contributed by atoms with Crippen LogP contribution in [0.5, 0.6) is 0 Å². The monoisotopic (exact) mass is 431 g/mol. The van der Waals surface area contributed by atoms with Crippen LogP contribution >= 0.6 is 22.9 Å². The standard InChI is InChI=1S/C20H22ClN5O2S/c1-3-12-28-19(27)16-13(2)15-17(23-20(21)24-18(15)29-16)26-10-8-25(9-11-26)14-6-4-5-7-22-14/h4-7H,3,8-12H2,1-2H3. The normalized spacial score (nSPS) is 14.4. The summed E-state index contributed by atoms with van der Waals surface area (Å²) >= 11 is 7.53. The Morgan fingerprint density at radius 1 is 1.21 bits per heavy atom. The van der Waals surface area contributed by atoms with Gasteiger partial charge in [0.1, 0.15) is 21.3 Å². The van der Waals surface area contributed by atoms with E-state index in [9.17, 15) is 4.79 Å². The number of aryl methyl sites for hydroxylation is 1. The molecule has 0 amide bonds. The Morgan fingerprint density at radius 2 is 1.97 bits per heavy atom. The molecule has 9 heteroatoms. The van der Waals surface area contributed by atoms with Gasteiger partial charge in [0.15, 0.2) is 0 Å². The fourth-order valence-corrected chi connectivity index (χ4v) is 4.75. The largest absolute Gasteiger partial charge is 0.462 e. The average molecular weight is 432 g/mol. The molecular formula is C20H22ClN5O2S. The van der Waals surface area contributed by atoms with E-state index in [1.807, 2.05) is 38.2 Å². The Kier molecular flexibility index (Phi) is 5.82. The summed E-state index contributed by atoms with van der Waals surface area (Å²) in [6.45, 7) is 7.52. The molecule has 0 saturated carbocycles. The number of pyridine rings is 1. The van der Waals surface area contributed by atoms with E-state index < -0.39 is 0 Å². The number of hydrogen-bond donors (Lipinski definition) is 0. The molecule has 0 spiro atoms. The quantitative estimate of drug-likeness (QED) is 0.447. The van der Waals surface area contributed by atoms with Crippen LogP contribution in [-0.4, -0.2) is 53.7 Å². The van der Waals surface area contributed by atoms with Crippen LogP contribution in [-0.2, 0) is 4.74 Å². The molecule has 4 heterocycles. The van der Waals surface area contributed by atoms with Crippen LogP contribution < -0.4 is 9.80 Å². The number of rotatable bonds is 5. The van der Waals surface area contributed by atoms with Crippen molar-refractivity contribution >= 4 is 50.8 Å². The molecular weight excluding hydrogens is 410 g/mol. The zero-order valence-corrected chi connectivity index (χ0v) is 18.0. The van der Waals surface area contributed by atoms with Crippen LogP contribution in [0.25, 0.3) is 10.2 Å². The van der Waals surface area contributed by atoms with Gasteiger partial charge >= 0.3 is 5.97 Å². The van der Waals surface area contributed by atoms with E-state index in [1.54, 1.807) is 0 Å². The lowest BCUT2D eigenvalue weighted by atomic mass is 10.2. The van der Waals surface area contributed by atoms with Gasteiger partial charge in [-0.3, -0.25) is 0 Å². The predicted octanol–water partition coefficient (Wildman–Crippen LogP) is 3.94. The zero-order valence-electron chi connectivity index (χ0n) is 16.4. The summed E-state index contributed by atoms with van der Waals surface area (Å²) in [7, 11) is 0. The van der Waals surface area contributed by atoms with Gasteiger partial charge in [0.2, 0.25) is 5.28 Å². The van der Waals surface area contributed by atoms with Crippen LogP contribution in [0.3, 0.4) is 0 Å². The van der Waals surface area contributed by atoms with Crippen molar-refractivity contribution in [3.05, 3.63) is 40.1 Å². The summed E-state index contributed by atoms with van der Waals surface area (Å²) in [6, 6.07) is 5.94. The second-order valence-electron chi connectivity index (χ2n) is 6.85. The Morgan fingerprint density at radius 3 is 2.66 bits per heavy atom. The summed E-state index contributed by atoms with van der Waals surface area (Å²) in [5, 5.41) is 1.07. The average Bonchev–Trinajstić information content (AvgIpc) is 3.08. The van der Waals surface area contributed by atoms with Gasteiger partial charge < -0.3 is 14.5 Å². The molecule has 0 aromatic carbocycles. The van der Waals surface area contributed by atoms with Gasteiger partial charge in [-0.15, -0.1) is 11.3 Å². The molecule has 0 unspecified atom stereocenters. The minimum absolute atomic E-state index is 0.189. The molecule has 7 nitrogen and oxygen atoms in total. The van der Waals surface area contributed by atoms with Gasteiger partial charge in [0.05, 0.1) is 12.0 Å². The molecule has 1 fully saturated rings. The molecule has 152 valence electrons. The molecule has 0 radical (unpaired) electrons. The fourth-order valence-electron chi connectivity index (χ4n) is 3.46. The number of esters is 1. The van der Waals surface area contributed by atoms with Crippen molar-refractivity contribution in [2.75, 3.05) is 42.6 Å². The third-order valence-corrected chi connectivity index (χ3v) is 6.25. The van der Waals surface area contributed by atoms with Crippen molar-refractivity contribution in [1.29, 1.82) is 0 Å². The van der Waals surface area contributed by atoms with E-state index in [0.717, 1.165) is 55.2 Å². The number of aromatic nitrogens is 3. The number of thiophene rings is 1. The van der Waals surface area contributed by atoms with Gasteiger partial charge in [-0.05, 0) is 42.6 Å². The first-order valence-electron chi connectivity index (χ1n) is 9.63. The number of carbonyl (C=O) groups excluding carboxylic acids is 1. The minimum Gasteiger partial charge on any atom is -0.462 e. The number of fused-ring (bicyclic) bond motifs is 1. The van der Waals surface area contributed by atoms with Crippen molar-refractivity contribution in [1.82, 2.24) is 15.0 Å². The van der Waals surface area contributed by atoms with Gasteiger partial charge in [-0.25, -0.2) is 14.8 Å². The Labute approximate surface area is 178 Å². The molecule has 4 rings (SSSR count). The fraction of sp³-hybridized carbons (Fsp3) is 0.400. The highest BCUT2D eigenvalue weighted by atomic mass is 35.5. The van der Waals surface area contributed by atoms with Crippen LogP contribution in [0.1, 0.15) is 28.6 Å². The van der Waals surface area contributed by atoms with E-state index in [4.69, 9.17) is 16.3 Å². The highest BCUT2D eigenvalue weighted by molar-refractivity contribution is 7.20. The molecule has 1 saturated heterocycles. The number of nitrogens with zero attached hydrogens (tertiary/aromatic N) is 5. The van der Waals surface area contributed by atoms with Crippen molar-refractivity contribution < 1.29 is 9.53 Å². The number of ether oxygens (including phenoxy) is 1. The van der Waals surface area contributed by atoms with Crippen molar-refractivity contribution in [2.24, 2.45) is 0 Å². The molecule has 0 aliphatic carbocycles. The molecule has 0 N–H and O–H groups in total. The summed E-state index contributed by atoms with van der Waals surface area (Å²) in [4.78, 5) is 31.5. The highest BCUT2D eigenvalue weighted by Gasteiger charge is 2.26. The third kappa shape index (κ3) is 4.00. The second kappa shape index (κ2) is 8.51. The molecule has 3 aromatic rings. The Bertz CT molecular complexity index is 1020. The maximum absolute atomic E-state index is 12.4. The van der Waals surface area contributed by atoms with Gasteiger partial charge in [-0.2, -0.15) is 4.98 Å². The summed E-state index contributed by atoms with van der Waals surface area (Å²) in [6.07, 6.45) is 2.59. The van der Waals surface area contributed by atoms with E-state index in [1.165, 1.54) is 11.3 Å².